The fraction of sp³-hybridized carbons (Fsp3) is 0.308. The van der Waals surface area contributed by atoms with Gasteiger partial charge < -0.3 is 5.73 Å². The zero-order chi connectivity index (χ0) is 12.4. The minimum atomic E-state index is 0.446. The summed E-state index contributed by atoms with van der Waals surface area (Å²) < 4.78 is 0. The number of benzene rings is 1. The van der Waals surface area contributed by atoms with E-state index < -0.39 is 0 Å². The normalized spacial score (nSPS) is 11.1. The lowest BCUT2D eigenvalue weighted by molar-refractivity contribution is 0.887. The van der Waals surface area contributed by atoms with Crippen LogP contribution in [0.1, 0.15) is 29.7 Å². The minimum absolute atomic E-state index is 0.446. The highest BCUT2D eigenvalue weighted by Gasteiger charge is 2.15. The summed E-state index contributed by atoms with van der Waals surface area (Å²) >= 11 is 7.71. The molecule has 0 atom stereocenters. The largest absolute Gasteiger partial charge is 0.325 e. The van der Waals surface area contributed by atoms with Gasteiger partial charge in [0.15, 0.2) is 0 Å². The number of rotatable bonds is 3. The lowest BCUT2D eigenvalue weighted by atomic mass is 10.1. The van der Waals surface area contributed by atoms with Crippen molar-refractivity contribution < 1.29 is 0 Å². The summed E-state index contributed by atoms with van der Waals surface area (Å²) in [4.78, 5) is 5.87. The first-order valence-corrected chi connectivity index (χ1v) is 6.77. The van der Waals surface area contributed by atoms with E-state index in [0.717, 1.165) is 21.3 Å². The number of nitrogens with two attached hydrogens (primary N) is 1. The quantitative estimate of drug-likeness (QED) is 0.910. The van der Waals surface area contributed by atoms with Crippen LogP contribution in [0, 0.1) is 0 Å². The van der Waals surface area contributed by atoms with E-state index in [2.05, 4.69) is 18.8 Å². The van der Waals surface area contributed by atoms with Gasteiger partial charge in [-0.05, 0) is 18.1 Å². The Morgan fingerprint density at radius 3 is 2.76 bits per heavy atom. The number of aromatic nitrogens is 1. The summed E-state index contributed by atoms with van der Waals surface area (Å²) in [5.41, 5.74) is 7.75. The molecule has 1 aromatic carbocycles. The molecule has 0 spiro atoms. The SMILES string of the molecule is CC(C)c1sc(CN)nc1-c1cccc(Cl)c1. The Hall–Kier alpha value is -0.900. The Balaban J connectivity index is 2.53. The summed E-state index contributed by atoms with van der Waals surface area (Å²) in [5.74, 6) is 0.446. The first-order chi connectivity index (χ1) is 8.11. The number of halogens is 1. The Morgan fingerprint density at radius 1 is 1.41 bits per heavy atom. The van der Waals surface area contributed by atoms with Crippen LogP contribution < -0.4 is 5.73 Å². The second-order valence-electron chi connectivity index (χ2n) is 4.19. The molecule has 17 heavy (non-hydrogen) atoms. The zero-order valence-electron chi connectivity index (χ0n) is 9.90. The molecule has 0 fully saturated rings. The van der Waals surface area contributed by atoms with E-state index in [9.17, 15) is 0 Å². The standard InChI is InChI=1S/C13H15ClN2S/c1-8(2)13-12(16-11(7-15)17-13)9-4-3-5-10(14)6-9/h3-6,8H,7,15H2,1-2H3. The van der Waals surface area contributed by atoms with E-state index in [-0.39, 0.29) is 0 Å². The van der Waals surface area contributed by atoms with Crippen molar-refractivity contribution in [1.82, 2.24) is 4.98 Å². The summed E-state index contributed by atoms with van der Waals surface area (Å²) in [6.07, 6.45) is 0. The first-order valence-electron chi connectivity index (χ1n) is 5.57. The highest BCUT2D eigenvalue weighted by molar-refractivity contribution is 7.12. The van der Waals surface area contributed by atoms with Crippen LogP contribution in [0.2, 0.25) is 5.02 Å². The van der Waals surface area contributed by atoms with Gasteiger partial charge in [-0.3, -0.25) is 0 Å². The Labute approximate surface area is 110 Å². The van der Waals surface area contributed by atoms with Crippen molar-refractivity contribution in [3.05, 3.63) is 39.2 Å². The monoisotopic (exact) mass is 266 g/mol. The molecule has 1 aromatic heterocycles. The van der Waals surface area contributed by atoms with Crippen LogP contribution in [-0.2, 0) is 6.54 Å². The fourth-order valence-corrected chi connectivity index (χ4v) is 2.86. The van der Waals surface area contributed by atoms with Gasteiger partial charge in [0, 0.05) is 22.0 Å². The maximum Gasteiger partial charge on any atom is 0.107 e. The summed E-state index contributed by atoms with van der Waals surface area (Å²) in [5, 5.41) is 1.71. The smallest absolute Gasteiger partial charge is 0.107 e. The van der Waals surface area contributed by atoms with Gasteiger partial charge in [-0.25, -0.2) is 4.98 Å². The van der Waals surface area contributed by atoms with E-state index in [1.807, 2.05) is 24.3 Å². The lowest BCUT2D eigenvalue weighted by Gasteiger charge is -2.05. The van der Waals surface area contributed by atoms with Crippen LogP contribution >= 0.6 is 22.9 Å². The highest BCUT2D eigenvalue weighted by Crippen LogP contribution is 2.34. The second-order valence-corrected chi connectivity index (χ2v) is 5.74. The Morgan fingerprint density at radius 2 is 2.18 bits per heavy atom. The van der Waals surface area contributed by atoms with Gasteiger partial charge in [0.05, 0.1) is 5.69 Å². The number of hydrogen-bond acceptors (Lipinski definition) is 3. The Bertz CT molecular complexity index is 520. The molecular weight excluding hydrogens is 252 g/mol. The molecule has 2 N–H and O–H groups in total. The van der Waals surface area contributed by atoms with E-state index in [1.165, 1.54) is 4.88 Å². The molecule has 2 rings (SSSR count). The summed E-state index contributed by atoms with van der Waals surface area (Å²) in [7, 11) is 0. The van der Waals surface area contributed by atoms with E-state index in [0.29, 0.717) is 12.5 Å². The predicted molar refractivity (Wildman–Crippen MR) is 74.5 cm³/mol. The molecule has 0 radical (unpaired) electrons. The number of hydrogen-bond donors (Lipinski definition) is 1. The van der Waals surface area contributed by atoms with Crippen LogP contribution in [0.5, 0.6) is 0 Å². The van der Waals surface area contributed by atoms with E-state index >= 15 is 0 Å². The van der Waals surface area contributed by atoms with Gasteiger partial charge in [0.2, 0.25) is 0 Å². The van der Waals surface area contributed by atoms with E-state index in [4.69, 9.17) is 17.3 Å². The van der Waals surface area contributed by atoms with Gasteiger partial charge >= 0.3 is 0 Å². The molecule has 2 aromatic rings. The van der Waals surface area contributed by atoms with Gasteiger partial charge in [-0.15, -0.1) is 11.3 Å². The molecule has 0 aliphatic rings. The molecule has 0 saturated heterocycles. The molecule has 4 heteroatoms. The van der Waals surface area contributed by atoms with Crippen molar-refractivity contribution in [1.29, 1.82) is 0 Å². The molecule has 0 saturated carbocycles. The van der Waals surface area contributed by atoms with Gasteiger partial charge in [-0.2, -0.15) is 0 Å². The molecule has 1 heterocycles. The highest BCUT2D eigenvalue weighted by atomic mass is 35.5. The maximum absolute atomic E-state index is 6.02. The average Bonchev–Trinajstić information content (AvgIpc) is 2.73. The molecule has 90 valence electrons. The molecular formula is C13H15ClN2S. The van der Waals surface area contributed by atoms with E-state index in [1.54, 1.807) is 11.3 Å². The topological polar surface area (TPSA) is 38.9 Å². The van der Waals surface area contributed by atoms with Crippen LogP contribution in [0.15, 0.2) is 24.3 Å². The van der Waals surface area contributed by atoms with Crippen LogP contribution in [0.25, 0.3) is 11.3 Å². The van der Waals surface area contributed by atoms with Gasteiger partial charge in [0.1, 0.15) is 5.01 Å². The van der Waals surface area contributed by atoms with Crippen molar-refractivity contribution in [2.45, 2.75) is 26.3 Å². The first kappa shape index (κ1) is 12.6. The maximum atomic E-state index is 6.02. The van der Waals surface area contributed by atoms with Crippen LogP contribution in [0.4, 0.5) is 0 Å². The number of nitrogens with zero attached hydrogens (tertiary/aromatic N) is 1. The molecule has 0 bridgehead atoms. The summed E-state index contributed by atoms with van der Waals surface area (Å²) in [6, 6.07) is 7.80. The van der Waals surface area contributed by atoms with Crippen LogP contribution in [0.3, 0.4) is 0 Å². The number of thiazole rings is 1. The van der Waals surface area contributed by atoms with Crippen molar-refractivity contribution >= 4 is 22.9 Å². The molecule has 0 amide bonds. The molecule has 0 aliphatic heterocycles. The third kappa shape index (κ3) is 2.68. The van der Waals surface area contributed by atoms with Crippen molar-refractivity contribution in [3.8, 4) is 11.3 Å². The average molecular weight is 267 g/mol. The van der Waals surface area contributed by atoms with Crippen LogP contribution in [-0.4, -0.2) is 4.98 Å². The fourth-order valence-electron chi connectivity index (χ4n) is 1.70. The van der Waals surface area contributed by atoms with Gasteiger partial charge in [0.25, 0.3) is 0 Å². The van der Waals surface area contributed by atoms with Crippen molar-refractivity contribution in [2.75, 3.05) is 0 Å². The lowest BCUT2D eigenvalue weighted by Crippen LogP contribution is -1.94. The molecule has 0 aliphatic carbocycles. The minimum Gasteiger partial charge on any atom is -0.325 e. The molecule has 0 unspecified atom stereocenters. The predicted octanol–water partition coefficient (Wildman–Crippen LogP) is 4.05. The second kappa shape index (κ2) is 5.17. The third-order valence-electron chi connectivity index (χ3n) is 2.49. The summed E-state index contributed by atoms with van der Waals surface area (Å²) in [6.45, 7) is 4.83. The zero-order valence-corrected chi connectivity index (χ0v) is 11.5. The van der Waals surface area contributed by atoms with Crippen molar-refractivity contribution in [2.24, 2.45) is 5.73 Å². The third-order valence-corrected chi connectivity index (χ3v) is 4.11. The Kier molecular flexibility index (Phi) is 3.82. The molecule has 2 nitrogen and oxygen atoms in total. The van der Waals surface area contributed by atoms with Crippen molar-refractivity contribution in [3.63, 3.8) is 0 Å². The van der Waals surface area contributed by atoms with Gasteiger partial charge in [-0.1, -0.05) is 37.6 Å².